The number of rotatable bonds is 2. The fraction of sp³-hybridized carbons (Fsp3) is 0.231. The van der Waals surface area contributed by atoms with Gasteiger partial charge in [0, 0.05) is 14.3 Å². The maximum absolute atomic E-state index is 3.71. The van der Waals surface area contributed by atoms with E-state index in [-0.39, 0.29) is 1.43 Å². The number of benzene rings is 1. The molecule has 1 rings (SSSR count). The molecule has 0 N–H and O–H groups in total. The zero-order chi connectivity index (χ0) is 9.52. The fourth-order valence-corrected chi connectivity index (χ4v) is 1.06. The molecule has 0 aromatic heterocycles. The maximum atomic E-state index is 3.71. The molecule has 0 aliphatic rings. The summed E-state index contributed by atoms with van der Waals surface area (Å²) < 4.78 is 0. The summed E-state index contributed by atoms with van der Waals surface area (Å²) in [6.45, 7) is 5.77. The lowest BCUT2D eigenvalue weighted by molar-refractivity contribution is 1.25. The van der Waals surface area contributed by atoms with Crippen LogP contribution in [-0.4, -0.2) is 0 Å². The predicted molar refractivity (Wildman–Crippen MR) is 60.4 cm³/mol. The molecule has 0 unspecified atom stereocenters. The highest BCUT2D eigenvalue weighted by Crippen LogP contribution is 2.05. The van der Waals surface area contributed by atoms with Crippen molar-refractivity contribution >= 4 is 6.08 Å². The third-order valence-electron chi connectivity index (χ3n) is 1.81. The molecule has 0 nitrogen and oxygen atoms in total. The van der Waals surface area contributed by atoms with Gasteiger partial charge < -0.3 is 0 Å². The lowest BCUT2D eigenvalue weighted by atomic mass is 10.1. The monoisotopic (exact) mass is 172 g/mol. The van der Waals surface area contributed by atoms with Crippen molar-refractivity contribution in [1.29, 1.82) is 0 Å². The molecule has 0 fully saturated rings. The van der Waals surface area contributed by atoms with E-state index in [0.29, 0.717) is 0 Å². The molecular weight excluding hydrogens is 156 g/mol. The van der Waals surface area contributed by atoms with Gasteiger partial charge in [-0.2, -0.15) is 0 Å². The van der Waals surface area contributed by atoms with Crippen molar-refractivity contribution in [3.05, 3.63) is 42.0 Å². The van der Waals surface area contributed by atoms with Gasteiger partial charge in [0.25, 0.3) is 0 Å². The lowest BCUT2D eigenvalue weighted by Gasteiger charge is -1.95. The Kier molecular flexibility index (Phi) is 3.85. The second kappa shape index (κ2) is 5.22. The molecule has 0 heterocycles. The highest BCUT2D eigenvalue weighted by Gasteiger charge is 1.88. The molecule has 1 aromatic carbocycles. The van der Waals surface area contributed by atoms with E-state index in [1.54, 1.807) is 0 Å². The Bertz CT molecular complexity index is 324. The normalized spacial score (nSPS) is 8.69. The summed E-state index contributed by atoms with van der Waals surface area (Å²) in [6.07, 6.45) is 3.64. The minimum Gasteiger partial charge on any atom is -0.103 e. The molecule has 0 amide bonds. The topological polar surface area (TPSA) is 0 Å². The SMILES string of the molecule is C=Cc1ccc(CC#CCC)cc1.[HH]. The van der Waals surface area contributed by atoms with Gasteiger partial charge in [-0.3, -0.25) is 0 Å². The summed E-state index contributed by atoms with van der Waals surface area (Å²) in [6, 6.07) is 8.33. The molecule has 68 valence electrons. The summed E-state index contributed by atoms with van der Waals surface area (Å²) in [5, 5.41) is 0. The van der Waals surface area contributed by atoms with Crippen LogP contribution >= 0.6 is 0 Å². The van der Waals surface area contributed by atoms with Gasteiger partial charge in [0.15, 0.2) is 0 Å². The van der Waals surface area contributed by atoms with Crippen molar-refractivity contribution in [2.75, 3.05) is 0 Å². The van der Waals surface area contributed by atoms with Crippen LogP contribution in [0.2, 0.25) is 0 Å². The van der Waals surface area contributed by atoms with Crippen LogP contribution in [0.3, 0.4) is 0 Å². The Balaban J connectivity index is 0.00000169. The first-order valence-electron chi connectivity index (χ1n) is 4.54. The van der Waals surface area contributed by atoms with E-state index in [9.17, 15) is 0 Å². The first-order valence-corrected chi connectivity index (χ1v) is 4.54. The Morgan fingerprint density at radius 2 is 2.00 bits per heavy atom. The molecule has 0 spiro atoms. The van der Waals surface area contributed by atoms with Gasteiger partial charge in [0.05, 0.1) is 0 Å². The molecule has 1 aromatic rings. The van der Waals surface area contributed by atoms with Crippen molar-refractivity contribution in [3.63, 3.8) is 0 Å². The highest BCUT2D eigenvalue weighted by atomic mass is 13.9. The van der Waals surface area contributed by atoms with Crippen molar-refractivity contribution in [1.82, 2.24) is 0 Å². The predicted octanol–water partition coefficient (Wildman–Crippen LogP) is 3.53. The third-order valence-corrected chi connectivity index (χ3v) is 1.81. The van der Waals surface area contributed by atoms with Crippen LogP contribution in [0.25, 0.3) is 6.08 Å². The van der Waals surface area contributed by atoms with Crippen LogP contribution in [0.1, 0.15) is 25.9 Å². The molecule has 0 aliphatic heterocycles. The smallest absolute Gasteiger partial charge is 0.0340 e. The van der Waals surface area contributed by atoms with Gasteiger partial charge in [0.1, 0.15) is 0 Å². The summed E-state index contributed by atoms with van der Waals surface area (Å²) in [7, 11) is 0. The molecule has 0 atom stereocenters. The van der Waals surface area contributed by atoms with Gasteiger partial charge in [-0.15, -0.1) is 5.92 Å². The summed E-state index contributed by atoms with van der Waals surface area (Å²) in [5.74, 6) is 6.17. The zero-order valence-electron chi connectivity index (χ0n) is 8.01. The molecule has 0 bridgehead atoms. The summed E-state index contributed by atoms with van der Waals surface area (Å²) in [5.41, 5.74) is 2.43. The van der Waals surface area contributed by atoms with Gasteiger partial charge in [-0.05, 0) is 11.1 Å². The Morgan fingerprint density at radius 3 is 2.54 bits per heavy atom. The van der Waals surface area contributed by atoms with Crippen molar-refractivity contribution < 1.29 is 1.43 Å². The highest BCUT2D eigenvalue weighted by molar-refractivity contribution is 5.47. The Hall–Kier alpha value is -1.48. The Labute approximate surface area is 81.8 Å². The van der Waals surface area contributed by atoms with Gasteiger partial charge in [-0.25, -0.2) is 0 Å². The number of hydrogen-bond donors (Lipinski definition) is 0. The quantitative estimate of drug-likeness (QED) is 0.599. The summed E-state index contributed by atoms with van der Waals surface area (Å²) >= 11 is 0. The van der Waals surface area contributed by atoms with E-state index in [1.807, 2.05) is 6.08 Å². The largest absolute Gasteiger partial charge is 0.103 e. The second-order valence-corrected chi connectivity index (χ2v) is 2.83. The standard InChI is InChI=1S/C13H14.H2/c1-3-5-6-7-13-10-8-12(4-2)9-11-13;/h4,8-11H,2-3,7H2,1H3;1H. The minimum atomic E-state index is 0. The molecule has 0 saturated carbocycles. The molecule has 0 saturated heterocycles. The van der Waals surface area contributed by atoms with Crippen LogP contribution in [-0.2, 0) is 6.42 Å². The maximum Gasteiger partial charge on any atom is 0.0340 e. The van der Waals surface area contributed by atoms with E-state index < -0.39 is 0 Å². The van der Waals surface area contributed by atoms with Crippen LogP contribution in [0, 0.1) is 11.8 Å². The fourth-order valence-electron chi connectivity index (χ4n) is 1.06. The van der Waals surface area contributed by atoms with Gasteiger partial charge >= 0.3 is 0 Å². The first kappa shape index (κ1) is 9.61. The van der Waals surface area contributed by atoms with Crippen LogP contribution in [0.15, 0.2) is 30.8 Å². The van der Waals surface area contributed by atoms with Crippen LogP contribution in [0.5, 0.6) is 0 Å². The molecule has 0 heteroatoms. The average Bonchev–Trinajstić information content (AvgIpc) is 2.19. The van der Waals surface area contributed by atoms with E-state index in [1.165, 1.54) is 5.56 Å². The first-order chi connectivity index (χ1) is 6.36. The van der Waals surface area contributed by atoms with Gasteiger partial charge in [-0.1, -0.05) is 49.8 Å². The van der Waals surface area contributed by atoms with Crippen LogP contribution < -0.4 is 0 Å². The van der Waals surface area contributed by atoms with Crippen molar-refractivity contribution in [2.24, 2.45) is 0 Å². The second-order valence-electron chi connectivity index (χ2n) is 2.83. The van der Waals surface area contributed by atoms with E-state index >= 15 is 0 Å². The van der Waals surface area contributed by atoms with Crippen molar-refractivity contribution in [2.45, 2.75) is 19.8 Å². The molecule has 13 heavy (non-hydrogen) atoms. The van der Waals surface area contributed by atoms with Gasteiger partial charge in [0.2, 0.25) is 0 Å². The molecule has 0 radical (unpaired) electrons. The van der Waals surface area contributed by atoms with Crippen molar-refractivity contribution in [3.8, 4) is 11.8 Å². The Morgan fingerprint density at radius 1 is 1.31 bits per heavy atom. The third kappa shape index (κ3) is 3.17. The number of hydrogen-bond acceptors (Lipinski definition) is 0. The van der Waals surface area contributed by atoms with E-state index in [4.69, 9.17) is 0 Å². The van der Waals surface area contributed by atoms with E-state index in [2.05, 4.69) is 49.6 Å². The average molecular weight is 172 g/mol. The lowest BCUT2D eigenvalue weighted by Crippen LogP contribution is -1.80. The van der Waals surface area contributed by atoms with Crippen LogP contribution in [0.4, 0.5) is 0 Å². The molecule has 0 aliphatic carbocycles. The summed E-state index contributed by atoms with van der Waals surface area (Å²) in [4.78, 5) is 0. The minimum absolute atomic E-state index is 0. The zero-order valence-corrected chi connectivity index (χ0v) is 8.01. The van der Waals surface area contributed by atoms with E-state index in [0.717, 1.165) is 18.4 Å². The molecular formula is C13H16.